The van der Waals surface area contributed by atoms with Gasteiger partial charge in [0.2, 0.25) is 15.9 Å². The van der Waals surface area contributed by atoms with E-state index in [9.17, 15) is 23.3 Å². The number of nitro groups is 1. The Balaban J connectivity index is 1.98. The van der Waals surface area contributed by atoms with Crippen molar-refractivity contribution in [3.63, 3.8) is 0 Å². The molecule has 0 saturated heterocycles. The highest BCUT2D eigenvalue weighted by molar-refractivity contribution is 7.92. The summed E-state index contributed by atoms with van der Waals surface area (Å²) in [5, 5.41) is 13.8. The predicted octanol–water partition coefficient (Wildman–Crippen LogP) is 2.31. The SMILES string of the molecule is Cc1ccc([N+](=O)[O-])cc1N(CC(=O)NCCCN(C)c1ccccc1)S(C)(=O)=O. The molecule has 10 heteroatoms. The van der Waals surface area contributed by atoms with Gasteiger partial charge < -0.3 is 10.2 Å². The Morgan fingerprint density at radius 2 is 1.83 bits per heavy atom. The lowest BCUT2D eigenvalue weighted by atomic mass is 10.2. The lowest BCUT2D eigenvalue weighted by Crippen LogP contribution is -2.41. The van der Waals surface area contributed by atoms with E-state index in [1.54, 1.807) is 6.92 Å². The lowest BCUT2D eigenvalue weighted by Gasteiger charge is -2.23. The van der Waals surface area contributed by atoms with E-state index in [0.717, 1.165) is 16.2 Å². The maximum atomic E-state index is 12.4. The van der Waals surface area contributed by atoms with Crippen LogP contribution in [0.25, 0.3) is 0 Å². The predicted molar refractivity (Wildman–Crippen MR) is 117 cm³/mol. The standard InChI is InChI=1S/C20H26N4O5S/c1-16-10-11-18(24(26)27)14-19(16)23(30(3,28)29)15-20(25)21-12-7-13-22(2)17-8-5-4-6-9-17/h4-6,8-11,14H,7,12-13,15H2,1-3H3,(H,21,25). The first-order valence-electron chi connectivity index (χ1n) is 9.35. The van der Waals surface area contributed by atoms with E-state index in [1.807, 2.05) is 37.4 Å². The molecule has 0 bridgehead atoms. The number of hydrogen-bond donors (Lipinski definition) is 1. The maximum Gasteiger partial charge on any atom is 0.271 e. The topological polar surface area (TPSA) is 113 Å². The molecule has 0 atom stereocenters. The van der Waals surface area contributed by atoms with Crippen LogP contribution in [0.1, 0.15) is 12.0 Å². The van der Waals surface area contributed by atoms with Crippen LogP contribution in [0.2, 0.25) is 0 Å². The number of para-hydroxylation sites is 1. The molecule has 2 rings (SSSR count). The number of nitrogens with zero attached hydrogens (tertiary/aromatic N) is 3. The summed E-state index contributed by atoms with van der Waals surface area (Å²) in [5.74, 6) is -0.478. The number of nitrogens with one attached hydrogen (secondary N) is 1. The van der Waals surface area contributed by atoms with Crippen molar-refractivity contribution in [2.45, 2.75) is 13.3 Å². The molecule has 0 radical (unpaired) electrons. The second-order valence-electron chi connectivity index (χ2n) is 6.96. The molecule has 2 aromatic rings. The van der Waals surface area contributed by atoms with Crippen LogP contribution in [0.15, 0.2) is 48.5 Å². The molecular weight excluding hydrogens is 408 g/mol. The molecule has 0 saturated carbocycles. The van der Waals surface area contributed by atoms with Crippen molar-refractivity contribution in [2.75, 3.05) is 42.1 Å². The van der Waals surface area contributed by atoms with E-state index in [2.05, 4.69) is 10.2 Å². The first kappa shape index (κ1) is 23.1. The van der Waals surface area contributed by atoms with Gasteiger partial charge in [-0.3, -0.25) is 19.2 Å². The zero-order valence-electron chi connectivity index (χ0n) is 17.2. The Morgan fingerprint density at radius 3 is 2.43 bits per heavy atom. The molecule has 0 aliphatic heterocycles. The Morgan fingerprint density at radius 1 is 1.17 bits per heavy atom. The fraction of sp³-hybridized carbons (Fsp3) is 0.350. The average molecular weight is 435 g/mol. The molecule has 9 nitrogen and oxygen atoms in total. The fourth-order valence-electron chi connectivity index (χ4n) is 2.90. The van der Waals surface area contributed by atoms with Crippen LogP contribution in [0.5, 0.6) is 0 Å². The van der Waals surface area contributed by atoms with Crippen LogP contribution in [0.3, 0.4) is 0 Å². The molecule has 0 unspecified atom stereocenters. The minimum absolute atomic E-state index is 0.116. The van der Waals surface area contributed by atoms with Gasteiger partial charge in [0.25, 0.3) is 5.69 Å². The molecule has 1 N–H and O–H groups in total. The normalized spacial score (nSPS) is 11.0. The van der Waals surface area contributed by atoms with E-state index >= 15 is 0 Å². The number of nitro benzene ring substituents is 1. The highest BCUT2D eigenvalue weighted by Gasteiger charge is 2.24. The third-order valence-corrected chi connectivity index (χ3v) is 5.68. The van der Waals surface area contributed by atoms with Gasteiger partial charge in [0.1, 0.15) is 6.54 Å². The molecule has 0 aromatic heterocycles. The van der Waals surface area contributed by atoms with E-state index in [4.69, 9.17) is 0 Å². The Labute approximate surface area is 176 Å². The van der Waals surface area contributed by atoms with Gasteiger partial charge in [-0.25, -0.2) is 8.42 Å². The van der Waals surface area contributed by atoms with Crippen LogP contribution in [-0.4, -0.2) is 52.2 Å². The molecular formula is C20H26N4O5S. The summed E-state index contributed by atoms with van der Waals surface area (Å²) in [7, 11) is -1.86. The maximum absolute atomic E-state index is 12.4. The first-order chi connectivity index (χ1) is 14.1. The number of hydrogen-bond acceptors (Lipinski definition) is 6. The Bertz CT molecular complexity index is 996. The zero-order valence-corrected chi connectivity index (χ0v) is 18.1. The summed E-state index contributed by atoms with van der Waals surface area (Å²) in [4.78, 5) is 24.9. The van der Waals surface area contributed by atoms with Crippen LogP contribution in [-0.2, 0) is 14.8 Å². The Kier molecular flexibility index (Phi) is 7.76. The molecule has 0 spiro atoms. The van der Waals surface area contributed by atoms with Gasteiger partial charge in [-0.05, 0) is 31.0 Å². The lowest BCUT2D eigenvalue weighted by molar-refractivity contribution is -0.384. The molecule has 162 valence electrons. The zero-order chi connectivity index (χ0) is 22.3. The number of carbonyl (C=O) groups excluding carboxylic acids is 1. The van der Waals surface area contributed by atoms with Crippen molar-refractivity contribution in [1.29, 1.82) is 0 Å². The molecule has 0 fully saturated rings. The molecule has 1 amide bonds. The smallest absolute Gasteiger partial charge is 0.271 e. The molecule has 2 aromatic carbocycles. The largest absolute Gasteiger partial charge is 0.375 e. The van der Waals surface area contributed by atoms with Crippen molar-refractivity contribution in [2.24, 2.45) is 0 Å². The summed E-state index contributed by atoms with van der Waals surface area (Å²) in [6, 6.07) is 13.7. The van der Waals surface area contributed by atoms with Gasteiger partial charge >= 0.3 is 0 Å². The van der Waals surface area contributed by atoms with Gasteiger partial charge in [-0.15, -0.1) is 0 Å². The second-order valence-corrected chi connectivity index (χ2v) is 8.86. The van der Waals surface area contributed by atoms with Gasteiger partial charge in [0, 0.05) is 38.0 Å². The monoisotopic (exact) mass is 434 g/mol. The molecule has 30 heavy (non-hydrogen) atoms. The number of anilines is 2. The van der Waals surface area contributed by atoms with E-state index < -0.39 is 27.4 Å². The average Bonchev–Trinajstić information content (AvgIpc) is 2.69. The molecule has 0 aliphatic carbocycles. The third-order valence-electron chi connectivity index (χ3n) is 4.55. The third kappa shape index (κ3) is 6.45. The summed E-state index contributed by atoms with van der Waals surface area (Å²) >= 11 is 0. The van der Waals surface area contributed by atoms with Crippen LogP contribution >= 0.6 is 0 Å². The number of amides is 1. The summed E-state index contributed by atoms with van der Waals surface area (Å²) in [6.45, 7) is 2.27. The number of aryl methyl sites for hydroxylation is 1. The quantitative estimate of drug-likeness (QED) is 0.349. The van der Waals surface area contributed by atoms with Gasteiger partial charge in [-0.2, -0.15) is 0 Å². The number of carbonyl (C=O) groups is 1. The first-order valence-corrected chi connectivity index (χ1v) is 11.2. The Hall–Kier alpha value is -3.14. The fourth-order valence-corrected chi connectivity index (χ4v) is 3.81. The highest BCUT2D eigenvalue weighted by Crippen LogP contribution is 2.27. The van der Waals surface area contributed by atoms with E-state index in [-0.39, 0.29) is 11.4 Å². The second kappa shape index (κ2) is 10.1. The van der Waals surface area contributed by atoms with E-state index in [0.29, 0.717) is 25.1 Å². The van der Waals surface area contributed by atoms with E-state index in [1.165, 1.54) is 18.2 Å². The minimum Gasteiger partial charge on any atom is -0.375 e. The van der Waals surface area contributed by atoms with Gasteiger partial charge in [0.05, 0.1) is 16.9 Å². The molecule has 0 heterocycles. The van der Waals surface area contributed by atoms with Crippen LogP contribution in [0, 0.1) is 17.0 Å². The van der Waals surface area contributed by atoms with Gasteiger partial charge in [0.15, 0.2) is 0 Å². The minimum atomic E-state index is -3.82. The van der Waals surface area contributed by atoms with Crippen molar-refractivity contribution in [3.8, 4) is 0 Å². The van der Waals surface area contributed by atoms with Gasteiger partial charge in [-0.1, -0.05) is 24.3 Å². The summed E-state index contributed by atoms with van der Waals surface area (Å²) < 4.78 is 25.4. The van der Waals surface area contributed by atoms with Crippen molar-refractivity contribution in [1.82, 2.24) is 5.32 Å². The van der Waals surface area contributed by atoms with Crippen LogP contribution in [0.4, 0.5) is 17.1 Å². The van der Waals surface area contributed by atoms with Crippen molar-refractivity contribution < 1.29 is 18.1 Å². The number of non-ortho nitro benzene ring substituents is 1. The number of rotatable bonds is 10. The van der Waals surface area contributed by atoms with Crippen LogP contribution < -0.4 is 14.5 Å². The molecule has 0 aliphatic rings. The number of benzene rings is 2. The summed E-state index contributed by atoms with van der Waals surface area (Å²) in [5.41, 5.74) is 1.45. The summed E-state index contributed by atoms with van der Waals surface area (Å²) in [6.07, 6.45) is 1.64. The van der Waals surface area contributed by atoms with Crippen molar-refractivity contribution >= 4 is 33.0 Å². The number of sulfonamides is 1. The highest BCUT2D eigenvalue weighted by atomic mass is 32.2. The van der Waals surface area contributed by atoms with Crippen molar-refractivity contribution in [3.05, 3.63) is 64.2 Å².